The molecule has 0 saturated carbocycles. The average Bonchev–Trinajstić information content (AvgIpc) is 2.58. The predicted molar refractivity (Wildman–Crippen MR) is 99.1 cm³/mol. The van der Waals surface area contributed by atoms with Crippen LogP contribution in [0.1, 0.15) is 26.2 Å². The zero-order chi connectivity index (χ0) is 17.4. The van der Waals surface area contributed by atoms with E-state index in [2.05, 4.69) is 22.1 Å². The van der Waals surface area contributed by atoms with Crippen molar-refractivity contribution in [3.05, 3.63) is 18.2 Å². The number of benzene rings is 1. The third-order valence-corrected chi connectivity index (χ3v) is 4.31. The highest BCUT2D eigenvalue weighted by molar-refractivity contribution is 5.92. The molecule has 134 valence electrons. The summed E-state index contributed by atoms with van der Waals surface area (Å²) in [5.41, 5.74) is 6.79. The number of aliphatic imine (C=N–C) groups is 1. The number of ether oxygens (including phenoxy) is 2. The Balaban J connectivity index is 1.77. The zero-order valence-electron chi connectivity index (χ0n) is 15.0. The average molecular weight is 334 g/mol. The molecule has 1 atom stereocenters. The summed E-state index contributed by atoms with van der Waals surface area (Å²) in [6.07, 6.45) is 3.70. The number of piperidine rings is 1. The predicted octanol–water partition coefficient (Wildman–Crippen LogP) is 2.55. The Kier molecular flexibility index (Phi) is 7.18. The highest BCUT2D eigenvalue weighted by Gasteiger charge is 2.15. The van der Waals surface area contributed by atoms with Gasteiger partial charge in [-0.05, 0) is 50.4 Å². The standard InChI is InChI=1S/C18H30N4O2/c1-14-6-4-10-22(13-14)11-5-9-20-18(19)21-15-7-8-16(23-2)17(12-15)24-3/h7-8,12,14H,4-6,9-11,13H2,1-3H3,(H3,19,20,21). The van der Waals surface area contributed by atoms with Crippen LogP contribution in [0.4, 0.5) is 5.69 Å². The number of guanidine groups is 1. The summed E-state index contributed by atoms with van der Waals surface area (Å²) in [4.78, 5) is 6.93. The number of methoxy groups -OCH3 is 2. The first-order valence-corrected chi connectivity index (χ1v) is 8.63. The van der Waals surface area contributed by atoms with E-state index >= 15 is 0 Å². The van der Waals surface area contributed by atoms with Gasteiger partial charge in [0.1, 0.15) is 0 Å². The van der Waals surface area contributed by atoms with Gasteiger partial charge >= 0.3 is 0 Å². The van der Waals surface area contributed by atoms with Gasteiger partial charge in [-0.2, -0.15) is 0 Å². The molecule has 2 rings (SSSR count). The van der Waals surface area contributed by atoms with Crippen LogP contribution in [0.25, 0.3) is 0 Å². The number of nitrogens with one attached hydrogen (secondary N) is 1. The fraction of sp³-hybridized carbons (Fsp3) is 0.611. The van der Waals surface area contributed by atoms with Crippen LogP contribution in [0.3, 0.4) is 0 Å². The number of anilines is 1. The Morgan fingerprint density at radius 2 is 2.12 bits per heavy atom. The van der Waals surface area contributed by atoms with Gasteiger partial charge in [0, 0.05) is 24.8 Å². The molecule has 24 heavy (non-hydrogen) atoms. The van der Waals surface area contributed by atoms with Crippen LogP contribution in [0.15, 0.2) is 23.2 Å². The van der Waals surface area contributed by atoms with Crippen molar-refractivity contribution in [2.45, 2.75) is 26.2 Å². The van der Waals surface area contributed by atoms with Gasteiger partial charge in [-0.25, -0.2) is 0 Å². The Labute approximate surface area is 145 Å². The van der Waals surface area contributed by atoms with Gasteiger partial charge in [0.15, 0.2) is 17.5 Å². The van der Waals surface area contributed by atoms with E-state index < -0.39 is 0 Å². The zero-order valence-corrected chi connectivity index (χ0v) is 15.0. The molecule has 0 aliphatic carbocycles. The second-order valence-electron chi connectivity index (χ2n) is 6.36. The molecule has 6 nitrogen and oxygen atoms in total. The van der Waals surface area contributed by atoms with Crippen LogP contribution < -0.4 is 20.5 Å². The molecule has 1 aliphatic rings. The van der Waals surface area contributed by atoms with E-state index in [4.69, 9.17) is 15.2 Å². The van der Waals surface area contributed by atoms with Crippen molar-refractivity contribution in [1.29, 1.82) is 0 Å². The highest BCUT2D eigenvalue weighted by Crippen LogP contribution is 2.29. The first kappa shape index (κ1) is 18.4. The van der Waals surface area contributed by atoms with E-state index in [1.165, 1.54) is 25.9 Å². The normalized spacial score (nSPS) is 19.1. The molecule has 1 fully saturated rings. The summed E-state index contributed by atoms with van der Waals surface area (Å²) in [5.74, 6) is 2.59. The molecule has 6 heteroatoms. The minimum absolute atomic E-state index is 0.425. The highest BCUT2D eigenvalue weighted by atomic mass is 16.5. The SMILES string of the molecule is COc1ccc(NC(N)=NCCCN2CCCC(C)C2)cc1OC. The van der Waals surface area contributed by atoms with Crippen LogP contribution in [-0.4, -0.2) is 51.3 Å². The van der Waals surface area contributed by atoms with Crippen molar-refractivity contribution in [3.63, 3.8) is 0 Å². The molecule has 1 saturated heterocycles. The summed E-state index contributed by atoms with van der Waals surface area (Å²) in [7, 11) is 3.23. The smallest absolute Gasteiger partial charge is 0.193 e. The fourth-order valence-electron chi connectivity index (χ4n) is 3.09. The Morgan fingerprint density at radius 3 is 2.83 bits per heavy atom. The van der Waals surface area contributed by atoms with E-state index in [9.17, 15) is 0 Å². The van der Waals surface area contributed by atoms with Crippen LogP contribution in [0.5, 0.6) is 11.5 Å². The van der Waals surface area contributed by atoms with Gasteiger partial charge in [0.25, 0.3) is 0 Å². The molecule has 0 bridgehead atoms. The summed E-state index contributed by atoms with van der Waals surface area (Å²) in [5, 5.41) is 3.09. The molecule has 1 aliphatic heterocycles. The third kappa shape index (κ3) is 5.60. The summed E-state index contributed by atoms with van der Waals surface area (Å²) < 4.78 is 10.5. The van der Waals surface area contributed by atoms with Crippen molar-refractivity contribution in [3.8, 4) is 11.5 Å². The minimum Gasteiger partial charge on any atom is -0.493 e. The van der Waals surface area contributed by atoms with E-state index in [0.717, 1.165) is 31.1 Å². The Hall–Kier alpha value is -1.95. The lowest BCUT2D eigenvalue weighted by Gasteiger charge is -2.30. The molecular formula is C18H30N4O2. The topological polar surface area (TPSA) is 72.1 Å². The van der Waals surface area contributed by atoms with Crippen molar-refractivity contribution < 1.29 is 9.47 Å². The molecule has 0 amide bonds. The lowest BCUT2D eigenvalue weighted by atomic mass is 10.0. The van der Waals surface area contributed by atoms with Crippen molar-refractivity contribution >= 4 is 11.6 Å². The van der Waals surface area contributed by atoms with Gasteiger partial charge in [-0.3, -0.25) is 4.99 Å². The second kappa shape index (κ2) is 9.37. The summed E-state index contributed by atoms with van der Waals surface area (Å²) >= 11 is 0. The number of hydrogen-bond acceptors (Lipinski definition) is 4. The van der Waals surface area contributed by atoms with Gasteiger partial charge in [-0.15, -0.1) is 0 Å². The first-order chi connectivity index (χ1) is 11.6. The molecule has 1 heterocycles. The molecular weight excluding hydrogens is 304 g/mol. The fourth-order valence-corrected chi connectivity index (χ4v) is 3.09. The van der Waals surface area contributed by atoms with E-state index in [-0.39, 0.29) is 0 Å². The number of rotatable bonds is 7. The summed E-state index contributed by atoms with van der Waals surface area (Å²) in [6, 6.07) is 5.57. The van der Waals surface area contributed by atoms with Crippen LogP contribution in [0, 0.1) is 5.92 Å². The van der Waals surface area contributed by atoms with Crippen molar-refractivity contribution in [1.82, 2.24) is 4.90 Å². The molecule has 0 radical (unpaired) electrons. The maximum Gasteiger partial charge on any atom is 0.193 e. The molecule has 1 aromatic rings. The first-order valence-electron chi connectivity index (χ1n) is 8.63. The Bertz CT molecular complexity index is 548. The summed E-state index contributed by atoms with van der Waals surface area (Å²) in [6.45, 7) is 6.58. The molecule has 0 aromatic heterocycles. The number of nitrogens with zero attached hydrogens (tertiary/aromatic N) is 2. The van der Waals surface area contributed by atoms with Crippen LogP contribution in [-0.2, 0) is 0 Å². The van der Waals surface area contributed by atoms with Gasteiger partial charge in [0.05, 0.1) is 14.2 Å². The lowest BCUT2D eigenvalue weighted by Crippen LogP contribution is -2.35. The van der Waals surface area contributed by atoms with Crippen LogP contribution >= 0.6 is 0 Å². The molecule has 0 spiro atoms. The number of likely N-dealkylation sites (tertiary alicyclic amines) is 1. The van der Waals surface area contributed by atoms with E-state index in [0.29, 0.717) is 17.5 Å². The largest absolute Gasteiger partial charge is 0.493 e. The minimum atomic E-state index is 0.425. The number of hydrogen-bond donors (Lipinski definition) is 2. The van der Waals surface area contributed by atoms with Gasteiger partial charge in [0.2, 0.25) is 0 Å². The second-order valence-corrected chi connectivity index (χ2v) is 6.36. The molecule has 3 N–H and O–H groups in total. The van der Waals surface area contributed by atoms with Crippen molar-refractivity contribution in [2.75, 3.05) is 45.7 Å². The number of nitrogens with two attached hydrogens (primary N) is 1. The Morgan fingerprint density at radius 1 is 1.33 bits per heavy atom. The molecule has 1 unspecified atom stereocenters. The maximum absolute atomic E-state index is 5.96. The van der Waals surface area contributed by atoms with Crippen molar-refractivity contribution in [2.24, 2.45) is 16.6 Å². The maximum atomic E-state index is 5.96. The van der Waals surface area contributed by atoms with E-state index in [1.807, 2.05) is 18.2 Å². The van der Waals surface area contributed by atoms with Crippen LogP contribution in [0.2, 0.25) is 0 Å². The van der Waals surface area contributed by atoms with E-state index in [1.54, 1.807) is 14.2 Å². The lowest BCUT2D eigenvalue weighted by molar-refractivity contribution is 0.183. The quantitative estimate of drug-likeness (QED) is 0.455. The van der Waals surface area contributed by atoms with Gasteiger partial charge < -0.3 is 25.4 Å². The monoisotopic (exact) mass is 334 g/mol. The van der Waals surface area contributed by atoms with Gasteiger partial charge in [-0.1, -0.05) is 6.92 Å². The third-order valence-electron chi connectivity index (χ3n) is 4.31. The molecule has 1 aromatic carbocycles.